The normalized spacial score (nSPS) is 11.3. The van der Waals surface area contributed by atoms with E-state index in [1.54, 1.807) is 0 Å². The second-order valence-corrected chi connectivity index (χ2v) is 7.33. The summed E-state index contributed by atoms with van der Waals surface area (Å²) in [6, 6.07) is 29.0. The molecule has 0 atom stereocenters. The standard InChI is InChI=1S/C26H12N4/c27-13-23-24(14-28)30-26-22-12-18-8-4-2-6-16(18)10-20(22)19-9-15-5-1-3-7-17(15)11-21(19)25(26)29-23/h1-12H. The van der Waals surface area contributed by atoms with Gasteiger partial charge in [-0.2, -0.15) is 10.5 Å². The lowest BCUT2D eigenvalue weighted by atomic mass is 9.94. The lowest BCUT2D eigenvalue weighted by Gasteiger charge is -2.12. The Labute approximate surface area is 171 Å². The molecule has 0 amide bonds. The van der Waals surface area contributed by atoms with Crippen molar-refractivity contribution < 1.29 is 0 Å². The first kappa shape index (κ1) is 16.4. The van der Waals surface area contributed by atoms with E-state index in [0.29, 0.717) is 11.0 Å². The fourth-order valence-electron chi connectivity index (χ4n) is 4.28. The lowest BCUT2D eigenvalue weighted by Crippen LogP contribution is -1.97. The zero-order valence-corrected chi connectivity index (χ0v) is 15.7. The van der Waals surface area contributed by atoms with Crippen LogP contribution in [0.15, 0.2) is 72.8 Å². The van der Waals surface area contributed by atoms with Gasteiger partial charge in [0.05, 0.1) is 11.0 Å². The summed E-state index contributed by atoms with van der Waals surface area (Å²) in [5.41, 5.74) is 1.40. The Kier molecular flexibility index (Phi) is 3.27. The molecule has 0 unspecified atom stereocenters. The first-order chi connectivity index (χ1) is 14.8. The molecule has 0 aliphatic carbocycles. The van der Waals surface area contributed by atoms with E-state index in [2.05, 4.69) is 58.5 Å². The number of aromatic nitrogens is 2. The van der Waals surface area contributed by atoms with Crippen molar-refractivity contribution in [1.29, 1.82) is 10.5 Å². The van der Waals surface area contributed by atoms with Gasteiger partial charge in [0, 0.05) is 10.8 Å². The number of hydrogen-bond acceptors (Lipinski definition) is 4. The first-order valence-corrected chi connectivity index (χ1v) is 9.56. The highest BCUT2D eigenvalue weighted by atomic mass is 14.8. The summed E-state index contributed by atoms with van der Waals surface area (Å²) in [4.78, 5) is 9.17. The van der Waals surface area contributed by atoms with Gasteiger partial charge >= 0.3 is 0 Å². The Balaban J connectivity index is 1.96. The first-order valence-electron chi connectivity index (χ1n) is 9.56. The third kappa shape index (κ3) is 2.19. The molecule has 6 rings (SSSR count). The molecule has 0 bridgehead atoms. The molecular weight excluding hydrogens is 368 g/mol. The maximum Gasteiger partial charge on any atom is 0.177 e. The highest BCUT2D eigenvalue weighted by molar-refractivity contribution is 6.27. The molecule has 0 radical (unpaired) electrons. The number of fused-ring (bicyclic) bond motifs is 8. The molecule has 1 aromatic heterocycles. The number of benzene rings is 5. The van der Waals surface area contributed by atoms with Crippen LogP contribution in [0.25, 0.3) is 54.1 Å². The van der Waals surface area contributed by atoms with Crippen LogP contribution in [0.5, 0.6) is 0 Å². The Morgan fingerprint density at radius 3 is 1.17 bits per heavy atom. The van der Waals surface area contributed by atoms with Crippen molar-refractivity contribution in [1.82, 2.24) is 9.97 Å². The highest BCUT2D eigenvalue weighted by Gasteiger charge is 2.16. The van der Waals surface area contributed by atoms with Crippen LogP contribution in [0.4, 0.5) is 0 Å². The number of nitrogens with zero attached hydrogens (tertiary/aromatic N) is 4. The minimum Gasteiger partial charge on any atom is -0.232 e. The van der Waals surface area contributed by atoms with Crippen molar-refractivity contribution in [2.24, 2.45) is 0 Å². The van der Waals surface area contributed by atoms with Crippen LogP contribution in [0, 0.1) is 22.7 Å². The van der Waals surface area contributed by atoms with Gasteiger partial charge in [0.2, 0.25) is 0 Å². The summed E-state index contributed by atoms with van der Waals surface area (Å²) < 4.78 is 0. The molecule has 0 spiro atoms. The third-order valence-electron chi connectivity index (χ3n) is 5.68. The van der Waals surface area contributed by atoms with Crippen molar-refractivity contribution >= 4 is 54.1 Å². The Morgan fingerprint density at radius 2 is 0.833 bits per heavy atom. The molecule has 1 heterocycles. The van der Waals surface area contributed by atoms with Crippen molar-refractivity contribution in [3.63, 3.8) is 0 Å². The number of nitriles is 2. The smallest absolute Gasteiger partial charge is 0.177 e. The van der Waals surface area contributed by atoms with Gasteiger partial charge in [0.25, 0.3) is 0 Å². The van der Waals surface area contributed by atoms with Gasteiger partial charge in [0.15, 0.2) is 11.4 Å². The van der Waals surface area contributed by atoms with Crippen LogP contribution in [0.2, 0.25) is 0 Å². The molecule has 4 nitrogen and oxygen atoms in total. The molecular formula is C26H12N4. The van der Waals surface area contributed by atoms with E-state index in [-0.39, 0.29) is 11.4 Å². The fraction of sp³-hybridized carbons (Fsp3) is 0. The van der Waals surface area contributed by atoms with Crippen LogP contribution >= 0.6 is 0 Å². The van der Waals surface area contributed by atoms with Gasteiger partial charge in [-0.1, -0.05) is 48.5 Å². The highest BCUT2D eigenvalue weighted by Crippen LogP contribution is 2.37. The van der Waals surface area contributed by atoms with E-state index in [1.807, 2.05) is 36.4 Å². The molecule has 136 valence electrons. The topological polar surface area (TPSA) is 73.4 Å². The minimum atomic E-state index is 0.0552. The van der Waals surface area contributed by atoms with Crippen molar-refractivity contribution in [3.05, 3.63) is 84.2 Å². The molecule has 0 saturated heterocycles. The lowest BCUT2D eigenvalue weighted by molar-refractivity contribution is 1.21. The number of hydrogen-bond donors (Lipinski definition) is 0. The van der Waals surface area contributed by atoms with Gasteiger partial charge in [-0.3, -0.25) is 0 Å². The predicted molar refractivity (Wildman–Crippen MR) is 119 cm³/mol. The zero-order valence-electron chi connectivity index (χ0n) is 15.7. The van der Waals surface area contributed by atoms with E-state index in [4.69, 9.17) is 0 Å². The summed E-state index contributed by atoms with van der Waals surface area (Å²) in [5.74, 6) is 0. The molecule has 6 aromatic rings. The average Bonchev–Trinajstić information content (AvgIpc) is 2.81. The largest absolute Gasteiger partial charge is 0.232 e. The van der Waals surface area contributed by atoms with Gasteiger partial charge < -0.3 is 0 Å². The van der Waals surface area contributed by atoms with Gasteiger partial charge in [0.1, 0.15) is 12.1 Å². The number of rotatable bonds is 0. The molecule has 0 saturated carbocycles. The molecule has 0 aliphatic rings. The summed E-state index contributed by atoms with van der Waals surface area (Å²) >= 11 is 0. The maximum absolute atomic E-state index is 9.50. The van der Waals surface area contributed by atoms with E-state index >= 15 is 0 Å². The summed E-state index contributed by atoms with van der Waals surface area (Å²) in [6.07, 6.45) is 0. The predicted octanol–water partition coefficient (Wildman–Crippen LogP) is 5.99. The second-order valence-electron chi connectivity index (χ2n) is 7.33. The van der Waals surface area contributed by atoms with Crippen LogP contribution in [-0.4, -0.2) is 9.97 Å². The van der Waals surface area contributed by atoms with E-state index in [1.165, 1.54) is 0 Å². The Hall–Kier alpha value is -4.54. The summed E-state index contributed by atoms with van der Waals surface area (Å²) in [6.45, 7) is 0. The molecule has 0 aliphatic heterocycles. The van der Waals surface area contributed by atoms with Gasteiger partial charge in [-0.05, 0) is 56.6 Å². The van der Waals surface area contributed by atoms with E-state index in [9.17, 15) is 10.5 Å². The Bertz CT molecular complexity index is 1640. The van der Waals surface area contributed by atoms with Gasteiger partial charge in [-0.15, -0.1) is 0 Å². The quantitative estimate of drug-likeness (QED) is 0.240. The van der Waals surface area contributed by atoms with Crippen LogP contribution in [-0.2, 0) is 0 Å². The Morgan fingerprint density at radius 1 is 0.500 bits per heavy atom. The fourth-order valence-corrected chi connectivity index (χ4v) is 4.28. The molecule has 30 heavy (non-hydrogen) atoms. The maximum atomic E-state index is 9.50. The van der Waals surface area contributed by atoms with Crippen molar-refractivity contribution in [2.45, 2.75) is 0 Å². The monoisotopic (exact) mass is 380 g/mol. The van der Waals surface area contributed by atoms with Crippen molar-refractivity contribution in [2.75, 3.05) is 0 Å². The minimum absolute atomic E-state index is 0.0552. The second kappa shape index (κ2) is 5.98. The SMILES string of the molecule is N#Cc1nc2c3cc4ccccc4cc3c3cc4ccccc4cc3c2nc1C#N. The summed E-state index contributed by atoms with van der Waals surface area (Å²) in [5, 5.41) is 27.5. The van der Waals surface area contributed by atoms with E-state index in [0.717, 1.165) is 43.1 Å². The average molecular weight is 380 g/mol. The summed E-state index contributed by atoms with van der Waals surface area (Å²) in [7, 11) is 0. The van der Waals surface area contributed by atoms with Gasteiger partial charge in [-0.25, -0.2) is 9.97 Å². The molecule has 0 fully saturated rings. The molecule has 0 N–H and O–H groups in total. The molecule has 4 heteroatoms. The molecule has 5 aromatic carbocycles. The third-order valence-corrected chi connectivity index (χ3v) is 5.68. The van der Waals surface area contributed by atoms with Crippen LogP contribution in [0.3, 0.4) is 0 Å². The van der Waals surface area contributed by atoms with E-state index < -0.39 is 0 Å². The van der Waals surface area contributed by atoms with Crippen LogP contribution < -0.4 is 0 Å². The zero-order chi connectivity index (χ0) is 20.2. The van der Waals surface area contributed by atoms with Crippen LogP contribution in [0.1, 0.15) is 11.4 Å². The van der Waals surface area contributed by atoms with Crippen molar-refractivity contribution in [3.8, 4) is 12.1 Å².